The molecule has 0 fully saturated rings. The topological polar surface area (TPSA) is 109 Å². The summed E-state index contributed by atoms with van der Waals surface area (Å²) in [6.45, 7) is 0.693. The zero-order valence-electron chi connectivity index (χ0n) is 18.1. The van der Waals surface area contributed by atoms with Gasteiger partial charge in [0.15, 0.2) is 5.82 Å². The lowest BCUT2D eigenvalue weighted by atomic mass is 10.1. The molecule has 0 unspecified atom stereocenters. The Morgan fingerprint density at radius 1 is 1.00 bits per heavy atom. The molecule has 1 heterocycles. The number of fused-ring (bicyclic) bond motifs is 1. The van der Waals surface area contributed by atoms with Crippen LogP contribution in [0.15, 0.2) is 77.3 Å². The summed E-state index contributed by atoms with van der Waals surface area (Å²) >= 11 is 3.47. The van der Waals surface area contributed by atoms with Gasteiger partial charge >= 0.3 is 5.97 Å². The van der Waals surface area contributed by atoms with Crippen LogP contribution in [-0.2, 0) is 11.2 Å². The Morgan fingerprint density at radius 2 is 1.79 bits per heavy atom. The lowest BCUT2D eigenvalue weighted by Gasteiger charge is -2.25. The standard InChI is InChI=1S/C25H21BrN4O4/c26-19-8-4-7-18(15-19)24-27-22-10-9-20(30(33)34)16-21(22)25(28-24)29(14-12-23(31)32)13-11-17-5-2-1-3-6-17/h1-10,15-16H,11-14H2,(H,31,32). The van der Waals surface area contributed by atoms with Crippen molar-refractivity contribution in [2.24, 2.45) is 0 Å². The third-order valence-electron chi connectivity index (χ3n) is 5.36. The molecule has 0 aliphatic heterocycles. The van der Waals surface area contributed by atoms with Crippen molar-refractivity contribution in [2.75, 3.05) is 18.0 Å². The number of carbonyl (C=O) groups is 1. The summed E-state index contributed by atoms with van der Waals surface area (Å²) in [6, 6.07) is 21.9. The Bertz CT molecular complexity index is 1350. The summed E-state index contributed by atoms with van der Waals surface area (Å²) in [4.78, 5) is 33.7. The van der Waals surface area contributed by atoms with E-state index < -0.39 is 10.9 Å². The normalized spacial score (nSPS) is 10.9. The lowest BCUT2D eigenvalue weighted by molar-refractivity contribution is -0.384. The SMILES string of the molecule is O=C(O)CCN(CCc1ccccc1)c1nc(-c2cccc(Br)c2)nc2ccc([N+](=O)[O-])cc12. The van der Waals surface area contributed by atoms with Crippen molar-refractivity contribution in [3.63, 3.8) is 0 Å². The van der Waals surface area contributed by atoms with Crippen molar-refractivity contribution in [1.82, 2.24) is 9.97 Å². The first-order chi connectivity index (χ1) is 16.4. The maximum absolute atomic E-state index is 11.4. The number of carboxylic acid groups (broad SMARTS) is 1. The largest absolute Gasteiger partial charge is 0.481 e. The van der Waals surface area contributed by atoms with Gasteiger partial charge in [-0.15, -0.1) is 0 Å². The first kappa shape index (κ1) is 23.3. The first-order valence-electron chi connectivity index (χ1n) is 10.6. The van der Waals surface area contributed by atoms with Crippen LogP contribution in [0.25, 0.3) is 22.3 Å². The highest BCUT2D eigenvalue weighted by Gasteiger charge is 2.19. The highest BCUT2D eigenvalue weighted by atomic mass is 79.9. The molecule has 3 aromatic carbocycles. The number of hydrogen-bond donors (Lipinski definition) is 1. The number of rotatable bonds is 9. The molecular formula is C25H21BrN4O4. The second-order valence-corrected chi connectivity index (χ2v) is 8.62. The number of halogens is 1. The number of hydrogen-bond acceptors (Lipinski definition) is 6. The molecule has 0 amide bonds. The summed E-state index contributed by atoms with van der Waals surface area (Å²) < 4.78 is 0.866. The van der Waals surface area contributed by atoms with Gasteiger partial charge in [-0.1, -0.05) is 58.4 Å². The number of benzene rings is 3. The van der Waals surface area contributed by atoms with E-state index in [0.717, 1.165) is 15.6 Å². The minimum absolute atomic E-state index is 0.0752. The molecule has 172 valence electrons. The molecule has 0 aliphatic carbocycles. The van der Waals surface area contributed by atoms with Gasteiger partial charge in [0, 0.05) is 40.6 Å². The highest BCUT2D eigenvalue weighted by Crippen LogP contribution is 2.31. The molecule has 0 radical (unpaired) electrons. The molecule has 0 aliphatic rings. The van der Waals surface area contributed by atoms with Crippen LogP contribution in [0, 0.1) is 10.1 Å². The molecule has 9 heteroatoms. The van der Waals surface area contributed by atoms with E-state index in [1.165, 1.54) is 12.1 Å². The van der Waals surface area contributed by atoms with Gasteiger partial charge in [-0.3, -0.25) is 14.9 Å². The van der Waals surface area contributed by atoms with E-state index in [-0.39, 0.29) is 18.7 Å². The fourth-order valence-electron chi connectivity index (χ4n) is 3.67. The van der Waals surface area contributed by atoms with Gasteiger partial charge in [-0.05, 0) is 30.2 Å². The van der Waals surface area contributed by atoms with Crippen LogP contribution < -0.4 is 4.90 Å². The van der Waals surface area contributed by atoms with Gasteiger partial charge in [0.25, 0.3) is 5.69 Å². The average Bonchev–Trinajstić information content (AvgIpc) is 2.83. The third kappa shape index (κ3) is 5.55. The van der Waals surface area contributed by atoms with Crippen LogP contribution in [0.2, 0.25) is 0 Å². The van der Waals surface area contributed by atoms with Crippen molar-refractivity contribution in [3.05, 3.63) is 92.9 Å². The second kappa shape index (κ2) is 10.4. The summed E-state index contributed by atoms with van der Waals surface area (Å²) in [5.74, 6) is -0.000174. The van der Waals surface area contributed by atoms with Crippen LogP contribution in [-0.4, -0.2) is 39.1 Å². The van der Waals surface area contributed by atoms with Crippen LogP contribution in [0.5, 0.6) is 0 Å². The van der Waals surface area contributed by atoms with Crippen molar-refractivity contribution in [2.45, 2.75) is 12.8 Å². The summed E-state index contributed by atoms with van der Waals surface area (Å²) in [7, 11) is 0. The molecule has 1 N–H and O–H groups in total. The van der Waals surface area contributed by atoms with Gasteiger partial charge < -0.3 is 10.0 Å². The van der Waals surface area contributed by atoms with Gasteiger partial charge in [-0.2, -0.15) is 0 Å². The monoisotopic (exact) mass is 520 g/mol. The van der Waals surface area contributed by atoms with Crippen LogP contribution in [0.3, 0.4) is 0 Å². The zero-order chi connectivity index (χ0) is 24.1. The number of nitro groups is 1. The van der Waals surface area contributed by atoms with Crippen molar-refractivity contribution < 1.29 is 14.8 Å². The molecule has 8 nitrogen and oxygen atoms in total. The van der Waals surface area contributed by atoms with Crippen molar-refractivity contribution >= 4 is 44.3 Å². The molecule has 0 saturated heterocycles. The Morgan fingerprint density at radius 3 is 2.50 bits per heavy atom. The third-order valence-corrected chi connectivity index (χ3v) is 5.85. The van der Waals surface area contributed by atoms with E-state index in [1.807, 2.05) is 59.5 Å². The number of nitrogens with zero attached hydrogens (tertiary/aromatic N) is 4. The first-order valence-corrected chi connectivity index (χ1v) is 11.4. The fraction of sp³-hybridized carbons (Fsp3) is 0.160. The molecule has 0 bridgehead atoms. The molecule has 0 saturated carbocycles. The minimum atomic E-state index is -0.929. The molecule has 0 atom stereocenters. The molecule has 4 aromatic rings. The number of nitro benzene ring substituents is 1. The van der Waals surface area contributed by atoms with E-state index in [4.69, 9.17) is 4.98 Å². The van der Waals surface area contributed by atoms with E-state index in [1.54, 1.807) is 6.07 Å². The van der Waals surface area contributed by atoms with E-state index in [0.29, 0.717) is 35.5 Å². The number of carboxylic acids is 1. The quantitative estimate of drug-likeness (QED) is 0.229. The summed E-state index contributed by atoms with van der Waals surface area (Å²) in [5, 5.41) is 21.3. The van der Waals surface area contributed by atoms with Gasteiger partial charge in [0.05, 0.1) is 16.9 Å². The zero-order valence-corrected chi connectivity index (χ0v) is 19.7. The van der Waals surface area contributed by atoms with E-state index >= 15 is 0 Å². The predicted molar refractivity (Wildman–Crippen MR) is 134 cm³/mol. The lowest BCUT2D eigenvalue weighted by Crippen LogP contribution is -2.30. The highest BCUT2D eigenvalue weighted by molar-refractivity contribution is 9.10. The Hall–Kier alpha value is -3.85. The second-order valence-electron chi connectivity index (χ2n) is 7.71. The average molecular weight is 521 g/mol. The molecule has 0 spiro atoms. The number of aliphatic carboxylic acids is 1. The van der Waals surface area contributed by atoms with Crippen LogP contribution in [0.1, 0.15) is 12.0 Å². The van der Waals surface area contributed by atoms with Crippen LogP contribution in [0.4, 0.5) is 11.5 Å². The van der Waals surface area contributed by atoms with Gasteiger partial charge in [-0.25, -0.2) is 9.97 Å². The minimum Gasteiger partial charge on any atom is -0.481 e. The van der Waals surface area contributed by atoms with Gasteiger partial charge in [0.1, 0.15) is 5.82 Å². The maximum Gasteiger partial charge on any atom is 0.305 e. The van der Waals surface area contributed by atoms with E-state index in [2.05, 4.69) is 20.9 Å². The predicted octanol–water partition coefficient (Wildman–Crippen LogP) is 5.49. The molecular weight excluding hydrogens is 500 g/mol. The van der Waals surface area contributed by atoms with Crippen molar-refractivity contribution in [3.8, 4) is 11.4 Å². The Balaban J connectivity index is 1.84. The molecule has 34 heavy (non-hydrogen) atoms. The summed E-state index contributed by atoms with van der Waals surface area (Å²) in [5.41, 5.74) is 2.34. The van der Waals surface area contributed by atoms with Gasteiger partial charge in [0.2, 0.25) is 0 Å². The summed E-state index contributed by atoms with van der Waals surface area (Å²) in [6.07, 6.45) is 0.564. The number of non-ortho nitro benzene ring substituents is 1. The van der Waals surface area contributed by atoms with Crippen LogP contribution >= 0.6 is 15.9 Å². The maximum atomic E-state index is 11.4. The van der Waals surface area contributed by atoms with E-state index in [9.17, 15) is 20.0 Å². The fourth-order valence-corrected chi connectivity index (χ4v) is 4.07. The molecule has 1 aromatic heterocycles. The Kier molecular flexibility index (Phi) is 7.12. The Labute approximate surface area is 204 Å². The molecule has 4 rings (SSSR count). The number of aromatic nitrogens is 2. The smallest absolute Gasteiger partial charge is 0.305 e. The number of anilines is 1. The van der Waals surface area contributed by atoms with Crippen molar-refractivity contribution in [1.29, 1.82) is 0 Å².